The van der Waals surface area contributed by atoms with Crippen LogP contribution in [0.1, 0.15) is 39.1 Å². The first-order chi connectivity index (χ1) is 14.5. The van der Waals surface area contributed by atoms with Gasteiger partial charge in [-0.1, -0.05) is 18.2 Å². The molecule has 152 valence electrons. The number of nitrogens with one attached hydrogen (secondary N) is 3. The fraction of sp³-hybridized carbons (Fsp3) is 0.273. The van der Waals surface area contributed by atoms with Gasteiger partial charge in [0.15, 0.2) is 0 Å². The van der Waals surface area contributed by atoms with Crippen LogP contribution < -0.4 is 16.0 Å². The summed E-state index contributed by atoms with van der Waals surface area (Å²) >= 11 is 0. The molecular weight excluding hydrogens is 384 g/mol. The first-order valence-electron chi connectivity index (χ1n) is 9.95. The fourth-order valence-corrected chi connectivity index (χ4v) is 4.34. The van der Waals surface area contributed by atoms with E-state index < -0.39 is 23.8 Å². The standard InChI is InChI=1S/C22H20N4O4/c27-19-8-7-18(20(28)25-19)26-21(29)15-6-5-13(10-16(15)22(26)30)24-14-9-12-3-1-2-4-17(12)23-11-14/h1-6,10,14,18,23-24H,7-9,11H2,(H,25,27,28). The quantitative estimate of drug-likeness (QED) is 0.670. The van der Waals surface area contributed by atoms with Gasteiger partial charge in [-0.25, -0.2) is 0 Å². The van der Waals surface area contributed by atoms with Crippen molar-refractivity contribution in [3.05, 3.63) is 59.2 Å². The minimum Gasteiger partial charge on any atom is -0.383 e. The first kappa shape index (κ1) is 18.4. The summed E-state index contributed by atoms with van der Waals surface area (Å²) in [6, 6.07) is 12.4. The van der Waals surface area contributed by atoms with Gasteiger partial charge in [0.2, 0.25) is 11.8 Å². The molecule has 1 fully saturated rings. The zero-order valence-corrected chi connectivity index (χ0v) is 16.1. The Morgan fingerprint density at radius 3 is 2.60 bits per heavy atom. The average Bonchev–Trinajstić information content (AvgIpc) is 2.98. The summed E-state index contributed by atoms with van der Waals surface area (Å²) in [5.41, 5.74) is 3.65. The lowest BCUT2D eigenvalue weighted by atomic mass is 9.99. The molecule has 0 aliphatic carbocycles. The summed E-state index contributed by atoms with van der Waals surface area (Å²) in [4.78, 5) is 50.3. The van der Waals surface area contributed by atoms with Crippen LogP contribution in [-0.2, 0) is 16.0 Å². The SMILES string of the molecule is O=C1CCC(N2C(=O)c3ccc(NC4CNc5ccccc5C4)cc3C2=O)C(=O)N1. The van der Waals surface area contributed by atoms with Crippen LogP contribution in [0.3, 0.4) is 0 Å². The molecule has 0 bridgehead atoms. The zero-order valence-electron chi connectivity index (χ0n) is 16.1. The molecule has 2 unspecified atom stereocenters. The second kappa shape index (κ2) is 6.98. The lowest BCUT2D eigenvalue weighted by molar-refractivity contribution is -0.136. The first-order valence-corrected chi connectivity index (χ1v) is 9.95. The van der Waals surface area contributed by atoms with Crippen molar-refractivity contribution in [1.29, 1.82) is 0 Å². The van der Waals surface area contributed by atoms with Crippen molar-refractivity contribution < 1.29 is 19.2 Å². The molecule has 1 saturated heterocycles. The van der Waals surface area contributed by atoms with Crippen LogP contribution in [0.25, 0.3) is 0 Å². The molecule has 2 aromatic carbocycles. The highest BCUT2D eigenvalue weighted by molar-refractivity contribution is 6.23. The monoisotopic (exact) mass is 404 g/mol. The number of para-hydroxylation sites is 1. The maximum Gasteiger partial charge on any atom is 0.262 e. The predicted octanol–water partition coefficient (Wildman–Crippen LogP) is 1.54. The van der Waals surface area contributed by atoms with E-state index in [9.17, 15) is 19.2 Å². The van der Waals surface area contributed by atoms with Gasteiger partial charge in [0.05, 0.1) is 11.1 Å². The van der Waals surface area contributed by atoms with Gasteiger partial charge in [-0.2, -0.15) is 0 Å². The highest BCUT2D eigenvalue weighted by Crippen LogP contribution is 2.30. The van der Waals surface area contributed by atoms with E-state index in [1.165, 1.54) is 5.56 Å². The number of carbonyl (C=O) groups is 4. The summed E-state index contributed by atoms with van der Waals surface area (Å²) in [7, 11) is 0. The van der Waals surface area contributed by atoms with Crippen molar-refractivity contribution >= 4 is 35.0 Å². The number of anilines is 2. The maximum absolute atomic E-state index is 12.9. The van der Waals surface area contributed by atoms with Crippen LogP contribution in [0.4, 0.5) is 11.4 Å². The van der Waals surface area contributed by atoms with E-state index in [0.717, 1.165) is 29.2 Å². The minimum atomic E-state index is -0.953. The summed E-state index contributed by atoms with van der Waals surface area (Å²) in [6.45, 7) is 0.739. The molecule has 2 atom stereocenters. The van der Waals surface area contributed by atoms with E-state index >= 15 is 0 Å². The van der Waals surface area contributed by atoms with Gasteiger partial charge in [-0.05, 0) is 42.7 Å². The Labute approximate surface area is 172 Å². The summed E-state index contributed by atoms with van der Waals surface area (Å²) in [5, 5.41) is 9.03. The molecule has 8 nitrogen and oxygen atoms in total. The van der Waals surface area contributed by atoms with Crippen molar-refractivity contribution in [3.8, 4) is 0 Å². The van der Waals surface area contributed by atoms with Crippen LogP contribution in [0, 0.1) is 0 Å². The molecule has 4 amide bonds. The topological polar surface area (TPSA) is 108 Å². The molecule has 0 aromatic heterocycles. The molecule has 30 heavy (non-hydrogen) atoms. The van der Waals surface area contributed by atoms with Crippen molar-refractivity contribution in [2.45, 2.75) is 31.3 Å². The van der Waals surface area contributed by atoms with Gasteiger partial charge >= 0.3 is 0 Å². The molecular formula is C22H20N4O4. The predicted molar refractivity (Wildman–Crippen MR) is 109 cm³/mol. The summed E-state index contributed by atoms with van der Waals surface area (Å²) in [5.74, 6) is -1.99. The third-order valence-corrected chi connectivity index (χ3v) is 5.83. The van der Waals surface area contributed by atoms with E-state index in [0.29, 0.717) is 0 Å². The number of amides is 4. The number of nitrogens with zero attached hydrogens (tertiary/aromatic N) is 1. The number of benzene rings is 2. The Balaban J connectivity index is 1.35. The molecule has 3 heterocycles. The number of carbonyl (C=O) groups excluding carboxylic acids is 4. The van der Waals surface area contributed by atoms with Crippen molar-refractivity contribution in [1.82, 2.24) is 10.2 Å². The molecule has 5 rings (SSSR count). The number of hydrogen-bond acceptors (Lipinski definition) is 6. The van der Waals surface area contributed by atoms with E-state index in [-0.39, 0.29) is 35.9 Å². The molecule has 3 aliphatic heterocycles. The van der Waals surface area contributed by atoms with Gasteiger partial charge in [0.1, 0.15) is 6.04 Å². The summed E-state index contributed by atoms with van der Waals surface area (Å²) < 4.78 is 0. The minimum absolute atomic E-state index is 0.104. The Morgan fingerprint density at radius 1 is 0.967 bits per heavy atom. The van der Waals surface area contributed by atoms with Gasteiger partial charge in [-0.15, -0.1) is 0 Å². The Bertz CT molecular complexity index is 1100. The zero-order chi connectivity index (χ0) is 20.8. The van der Waals surface area contributed by atoms with Crippen LogP contribution >= 0.6 is 0 Å². The molecule has 3 N–H and O–H groups in total. The van der Waals surface area contributed by atoms with Crippen molar-refractivity contribution in [3.63, 3.8) is 0 Å². The van der Waals surface area contributed by atoms with Crippen LogP contribution in [-0.4, -0.2) is 47.2 Å². The molecule has 8 heteroatoms. The van der Waals surface area contributed by atoms with Gasteiger partial charge in [0.25, 0.3) is 11.8 Å². The van der Waals surface area contributed by atoms with Crippen LogP contribution in [0.2, 0.25) is 0 Å². The Hall–Kier alpha value is -3.68. The van der Waals surface area contributed by atoms with E-state index in [1.54, 1.807) is 18.2 Å². The third-order valence-electron chi connectivity index (χ3n) is 5.83. The number of piperidine rings is 1. The summed E-state index contributed by atoms with van der Waals surface area (Å²) in [6.07, 6.45) is 1.09. The largest absolute Gasteiger partial charge is 0.383 e. The smallest absolute Gasteiger partial charge is 0.262 e. The Morgan fingerprint density at radius 2 is 1.77 bits per heavy atom. The van der Waals surface area contributed by atoms with Gasteiger partial charge < -0.3 is 10.6 Å². The normalized spacial score (nSPS) is 22.9. The van der Waals surface area contributed by atoms with E-state index in [1.807, 2.05) is 12.1 Å². The van der Waals surface area contributed by atoms with E-state index in [4.69, 9.17) is 0 Å². The second-order valence-corrected chi connectivity index (χ2v) is 7.79. The Kier molecular flexibility index (Phi) is 4.27. The highest BCUT2D eigenvalue weighted by atomic mass is 16.2. The number of rotatable bonds is 3. The second-order valence-electron chi connectivity index (χ2n) is 7.79. The molecule has 2 aromatic rings. The highest BCUT2D eigenvalue weighted by Gasteiger charge is 2.44. The number of imide groups is 2. The van der Waals surface area contributed by atoms with Crippen molar-refractivity contribution in [2.75, 3.05) is 17.2 Å². The third kappa shape index (κ3) is 3.01. The molecule has 0 spiro atoms. The lowest BCUT2D eigenvalue weighted by Gasteiger charge is -2.28. The fourth-order valence-electron chi connectivity index (χ4n) is 4.34. The van der Waals surface area contributed by atoms with Crippen molar-refractivity contribution in [2.24, 2.45) is 0 Å². The molecule has 0 radical (unpaired) electrons. The number of fused-ring (bicyclic) bond motifs is 2. The molecule has 0 saturated carbocycles. The molecule has 3 aliphatic rings. The average molecular weight is 404 g/mol. The lowest BCUT2D eigenvalue weighted by Crippen LogP contribution is -2.54. The van der Waals surface area contributed by atoms with Crippen LogP contribution in [0.15, 0.2) is 42.5 Å². The van der Waals surface area contributed by atoms with Gasteiger partial charge in [0, 0.05) is 30.4 Å². The van der Waals surface area contributed by atoms with Crippen LogP contribution in [0.5, 0.6) is 0 Å². The number of hydrogen-bond donors (Lipinski definition) is 3. The van der Waals surface area contributed by atoms with E-state index in [2.05, 4.69) is 28.1 Å². The maximum atomic E-state index is 12.9. The van der Waals surface area contributed by atoms with Gasteiger partial charge in [-0.3, -0.25) is 29.4 Å².